The first kappa shape index (κ1) is 37.4. The van der Waals surface area contributed by atoms with Gasteiger partial charge in [-0.1, -0.05) is 137 Å². The van der Waals surface area contributed by atoms with Crippen molar-refractivity contribution < 1.29 is 10.2 Å². The zero-order valence-corrected chi connectivity index (χ0v) is 33.0. The SMILES string of the molecule is CC(C)(C)C1=CC(CSC2CCCCCC2SCc2cc(C(C)(C)C)cc(C3(C)CCCCC3)c2O)C(O)C(C2(C)CCCCC2)=C1. The summed E-state index contributed by atoms with van der Waals surface area (Å²) >= 11 is 4.25. The Balaban J connectivity index is 1.34. The van der Waals surface area contributed by atoms with Crippen LogP contribution in [0.4, 0.5) is 0 Å². The molecule has 4 aliphatic rings. The molecule has 0 saturated heterocycles. The lowest BCUT2D eigenvalue weighted by molar-refractivity contribution is 0.124. The quantitative estimate of drug-likeness (QED) is 0.268. The predicted octanol–water partition coefficient (Wildman–Crippen LogP) is 12.4. The van der Waals surface area contributed by atoms with Gasteiger partial charge in [0.25, 0.3) is 0 Å². The first-order valence-corrected chi connectivity index (χ1v) is 21.4. The number of aliphatic hydroxyl groups is 1. The number of hydrogen-bond donors (Lipinski definition) is 2. The fraction of sp³-hybridized carbons (Fsp3) is 0.767. The Morgan fingerprint density at radius 1 is 0.723 bits per heavy atom. The summed E-state index contributed by atoms with van der Waals surface area (Å²) in [6.07, 6.45) is 23.4. The topological polar surface area (TPSA) is 40.5 Å². The fourth-order valence-corrected chi connectivity index (χ4v) is 12.2. The van der Waals surface area contributed by atoms with E-state index in [0.29, 0.717) is 16.2 Å². The van der Waals surface area contributed by atoms with Gasteiger partial charge in [0, 0.05) is 39.1 Å². The van der Waals surface area contributed by atoms with E-state index in [9.17, 15) is 10.2 Å². The molecule has 3 fully saturated rings. The van der Waals surface area contributed by atoms with Gasteiger partial charge in [-0.3, -0.25) is 0 Å². The summed E-state index contributed by atoms with van der Waals surface area (Å²) in [5.41, 5.74) is 6.78. The van der Waals surface area contributed by atoms with E-state index in [1.165, 1.54) is 119 Å². The minimum atomic E-state index is -0.370. The third-order valence-electron chi connectivity index (χ3n) is 12.5. The molecule has 0 radical (unpaired) electrons. The second-order valence-corrected chi connectivity index (χ2v) is 21.0. The van der Waals surface area contributed by atoms with Crippen LogP contribution in [0.2, 0.25) is 0 Å². The van der Waals surface area contributed by atoms with E-state index in [0.717, 1.165) is 17.1 Å². The van der Waals surface area contributed by atoms with Gasteiger partial charge in [-0.25, -0.2) is 0 Å². The lowest BCUT2D eigenvalue weighted by Crippen LogP contribution is -2.37. The van der Waals surface area contributed by atoms with Crippen molar-refractivity contribution in [3.8, 4) is 5.75 Å². The molecule has 264 valence electrons. The molecular weight excluding hydrogens is 613 g/mol. The van der Waals surface area contributed by atoms with Crippen molar-refractivity contribution in [3.63, 3.8) is 0 Å². The first-order chi connectivity index (χ1) is 22.1. The number of benzene rings is 1. The molecule has 1 aromatic carbocycles. The van der Waals surface area contributed by atoms with Gasteiger partial charge >= 0.3 is 0 Å². The maximum Gasteiger partial charge on any atom is 0.123 e. The van der Waals surface area contributed by atoms with Gasteiger partial charge < -0.3 is 10.2 Å². The van der Waals surface area contributed by atoms with Crippen LogP contribution in [0, 0.1) is 16.7 Å². The number of hydrogen-bond acceptors (Lipinski definition) is 4. The van der Waals surface area contributed by atoms with Gasteiger partial charge in [0.2, 0.25) is 0 Å². The van der Waals surface area contributed by atoms with Crippen LogP contribution < -0.4 is 0 Å². The van der Waals surface area contributed by atoms with Crippen molar-refractivity contribution in [1.82, 2.24) is 0 Å². The monoisotopic (exact) mass is 680 g/mol. The molecule has 0 amide bonds. The smallest absolute Gasteiger partial charge is 0.123 e. The molecule has 4 unspecified atom stereocenters. The standard InChI is InChI=1S/C43H68O2S2/c1-40(2,3)32-24-30(38(44)34(26-32)42(7)20-14-10-15-21-42)28-46-36-18-12-9-13-19-37(36)47-29-31-25-33(41(4,5)6)27-35(39(31)45)43(8)22-16-11-17-23-43/h24-27,30,36-38,44-45H,9-23,28-29H2,1-8H3. The summed E-state index contributed by atoms with van der Waals surface area (Å²) in [4.78, 5) is 0. The average Bonchev–Trinajstić information content (AvgIpc) is 3.24. The molecule has 4 aliphatic carbocycles. The van der Waals surface area contributed by atoms with Crippen molar-refractivity contribution in [2.24, 2.45) is 16.7 Å². The Morgan fingerprint density at radius 2 is 1.28 bits per heavy atom. The van der Waals surface area contributed by atoms with Crippen LogP contribution in [0.3, 0.4) is 0 Å². The number of allylic oxidation sites excluding steroid dienone is 2. The lowest BCUT2D eigenvalue weighted by Gasteiger charge is -2.43. The van der Waals surface area contributed by atoms with Crippen LogP contribution >= 0.6 is 23.5 Å². The molecule has 2 N–H and O–H groups in total. The van der Waals surface area contributed by atoms with Crippen LogP contribution in [0.25, 0.3) is 0 Å². The van der Waals surface area contributed by atoms with Crippen LogP contribution in [0.5, 0.6) is 5.75 Å². The average molecular weight is 681 g/mol. The molecule has 2 nitrogen and oxygen atoms in total. The highest BCUT2D eigenvalue weighted by Gasteiger charge is 2.40. The van der Waals surface area contributed by atoms with E-state index in [1.54, 1.807) is 0 Å². The summed E-state index contributed by atoms with van der Waals surface area (Å²) < 4.78 is 0. The van der Waals surface area contributed by atoms with Crippen molar-refractivity contribution in [1.29, 1.82) is 0 Å². The summed E-state index contributed by atoms with van der Waals surface area (Å²) in [6, 6.07) is 4.68. The number of aliphatic hydroxyl groups excluding tert-OH is 1. The van der Waals surface area contributed by atoms with Gasteiger partial charge in [0.1, 0.15) is 5.75 Å². The summed E-state index contributed by atoms with van der Waals surface area (Å²) in [7, 11) is 0. The van der Waals surface area contributed by atoms with E-state index in [-0.39, 0.29) is 33.7 Å². The van der Waals surface area contributed by atoms with E-state index >= 15 is 0 Å². The van der Waals surface area contributed by atoms with Gasteiger partial charge in [-0.05, 0) is 76.9 Å². The number of aromatic hydroxyl groups is 1. The van der Waals surface area contributed by atoms with E-state index in [1.807, 2.05) is 0 Å². The van der Waals surface area contributed by atoms with Crippen molar-refractivity contribution in [3.05, 3.63) is 52.1 Å². The molecule has 0 aliphatic heterocycles. The molecule has 47 heavy (non-hydrogen) atoms. The molecule has 1 aromatic rings. The molecule has 0 aromatic heterocycles. The number of rotatable bonds is 8. The molecule has 3 saturated carbocycles. The Kier molecular flexibility index (Phi) is 12.1. The highest BCUT2D eigenvalue weighted by molar-refractivity contribution is 8.03. The second kappa shape index (κ2) is 15.2. The Morgan fingerprint density at radius 3 is 1.85 bits per heavy atom. The fourth-order valence-electron chi connectivity index (χ4n) is 8.96. The molecule has 4 atom stereocenters. The van der Waals surface area contributed by atoms with E-state index in [2.05, 4.69) is 103 Å². The van der Waals surface area contributed by atoms with Crippen molar-refractivity contribution in [2.45, 2.75) is 185 Å². The largest absolute Gasteiger partial charge is 0.507 e. The first-order valence-electron chi connectivity index (χ1n) is 19.3. The van der Waals surface area contributed by atoms with Gasteiger partial charge in [-0.15, -0.1) is 0 Å². The summed E-state index contributed by atoms with van der Waals surface area (Å²) in [6.45, 7) is 18.8. The van der Waals surface area contributed by atoms with E-state index < -0.39 is 0 Å². The van der Waals surface area contributed by atoms with Crippen LogP contribution in [-0.4, -0.2) is 32.6 Å². The number of phenols is 1. The molecule has 0 bridgehead atoms. The van der Waals surface area contributed by atoms with Gasteiger partial charge in [0.05, 0.1) is 6.10 Å². The van der Waals surface area contributed by atoms with E-state index in [4.69, 9.17) is 0 Å². The predicted molar refractivity (Wildman–Crippen MR) is 208 cm³/mol. The Hall–Kier alpha value is -0.840. The zero-order valence-electron chi connectivity index (χ0n) is 31.4. The highest BCUT2D eigenvalue weighted by atomic mass is 32.2. The number of thioether (sulfide) groups is 2. The Bertz CT molecular complexity index is 1270. The van der Waals surface area contributed by atoms with Crippen molar-refractivity contribution >= 4 is 23.5 Å². The second-order valence-electron chi connectivity index (χ2n) is 18.5. The summed E-state index contributed by atoms with van der Waals surface area (Å²) in [5, 5.41) is 24.9. The summed E-state index contributed by atoms with van der Waals surface area (Å²) in [5.74, 6) is 2.62. The molecule has 0 heterocycles. The third-order valence-corrected chi connectivity index (χ3v) is 15.7. The lowest BCUT2D eigenvalue weighted by atomic mass is 9.64. The normalized spacial score (nSPS) is 28.7. The van der Waals surface area contributed by atoms with Gasteiger partial charge in [0.15, 0.2) is 0 Å². The minimum absolute atomic E-state index is 0.0514. The van der Waals surface area contributed by atoms with Gasteiger partial charge in [-0.2, -0.15) is 23.5 Å². The zero-order chi connectivity index (χ0) is 34.0. The molecule has 4 heteroatoms. The van der Waals surface area contributed by atoms with Crippen LogP contribution in [-0.2, 0) is 16.6 Å². The molecular formula is C43H68O2S2. The maximum atomic E-state index is 11.9. The van der Waals surface area contributed by atoms with Crippen molar-refractivity contribution in [2.75, 3.05) is 5.75 Å². The molecule has 5 rings (SSSR count). The maximum absolute atomic E-state index is 11.9. The highest BCUT2D eigenvalue weighted by Crippen LogP contribution is 2.50. The van der Waals surface area contributed by atoms with Crippen LogP contribution in [0.1, 0.15) is 168 Å². The minimum Gasteiger partial charge on any atom is -0.507 e. The number of phenolic OH excluding ortho intramolecular Hbond substituents is 1. The van der Waals surface area contributed by atoms with Crippen LogP contribution in [0.15, 0.2) is 35.4 Å². The Labute approximate surface area is 297 Å². The third kappa shape index (κ3) is 8.91. The molecule has 0 spiro atoms.